The van der Waals surface area contributed by atoms with E-state index in [1.165, 1.54) is 0 Å². The fourth-order valence-electron chi connectivity index (χ4n) is 9.21. The summed E-state index contributed by atoms with van der Waals surface area (Å²) in [5.41, 5.74) is 0. The fraction of sp³-hybridized carbons (Fsp3) is 1.00. The molecule has 14 N–H and O–H groups in total. The molecule has 3 aliphatic carbocycles. The molecule has 5 rings (SSSR count). The number of aliphatic hydroxyl groups is 4. The van der Waals surface area contributed by atoms with E-state index in [9.17, 15) is 56.9 Å². The van der Waals surface area contributed by atoms with Crippen molar-refractivity contribution in [3.8, 4) is 0 Å². The first-order chi connectivity index (χ1) is 30.7. The zero-order valence-electron chi connectivity index (χ0n) is 39.0. The number of aliphatic hydroxyl groups excluding tert-OH is 4. The van der Waals surface area contributed by atoms with E-state index in [1.54, 1.807) is 9.80 Å². The Morgan fingerprint density at radius 2 is 1.00 bits per heavy atom. The van der Waals surface area contributed by atoms with E-state index < -0.39 is 85.8 Å². The maximum Gasteiger partial charge on any atom is 1.00 e. The molecule has 0 aromatic carbocycles. The summed E-state index contributed by atoms with van der Waals surface area (Å²) < 4.78 is 82.4. The molecule has 68 heavy (non-hydrogen) atoms. The van der Waals surface area contributed by atoms with Gasteiger partial charge in [-0.05, 0) is 57.8 Å². The van der Waals surface area contributed by atoms with Gasteiger partial charge in [0.1, 0.15) is 37.7 Å². The Hall–Kier alpha value is 2.03. The molecule has 0 aromatic rings. The summed E-state index contributed by atoms with van der Waals surface area (Å²) in [6, 6.07) is -1.70. The van der Waals surface area contributed by atoms with Gasteiger partial charge in [0.15, 0.2) is 0 Å². The summed E-state index contributed by atoms with van der Waals surface area (Å²) in [7, 11) is -9.36. The van der Waals surface area contributed by atoms with E-state index in [0.717, 1.165) is 43.3 Å². The van der Waals surface area contributed by atoms with E-state index in [2.05, 4.69) is 71.9 Å². The minimum absolute atomic E-state index is 0. The second kappa shape index (κ2) is 34.6. The van der Waals surface area contributed by atoms with Crippen LogP contribution in [0.3, 0.4) is 0 Å². The SMILES string of the molecule is O=S(=O)([O-])C1CCC(SOO[O-])C(NC2NC(NC3CCCC(NC4NC(NC5CC(SOO[O-])CCC5S(=O)(=O)[O-])NC(N(CCO)CCO)N4)C3)NC(N(CCO)CCO)N2)C1.[Li+].[Li+].[Li+].[Li+]. The van der Waals surface area contributed by atoms with Crippen LogP contribution in [0.2, 0.25) is 0 Å². The molecule has 2 heterocycles. The molecule has 0 aromatic heterocycles. The van der Waals surface area contributed by atoms with Crippen molar-refractivity contribution in [2.24, 2.45) is 0 Å². The van der Waals surface area contributed by atoms with Crippen LogP contribution in [0.4, 0.5) is 0 Å². The second-order valence-electron chi connectivity index (χ2n) is 16.3. The van der Waals surface area contributed by atoms with Crippen molar-refractivity contribution >= 4 is 44.3 Å². The Morgan fingerprint density at radius 1 is 0.544 bits per heavy atom. The average molecular weight is 1030 g/mol. The number of nitrogens with one attached hydrogen (secondary N) is 10. The van der Waals surface area contributed by atoms with Crippen LogP contribution in [0.25, 0.3) is 0 Å². The van der Waals surface area contributed by atoms with Crippen molar-refractivity contribution in [2.75, 3.05) is 52.6 Å². The summed E-state index contributed by atoms with van der Waals surface area (Å²) in [5, 5.41) is 98.3. The minimum atomic E-state index is -4.73. The molecule has 2 saturated heterocycles. The Labute approximate surface area is 454 Å². The van der Waals surface area contributed by atoms with Crippen LogP contribution in [-0.2, 0) is 39.0 Å². The Balaban J connectivity index is 0.00000578. The molecule has 14 atom stereocenters. The molecular weight excluding hydrogens is 964 g/mol. The number of nitrogens with zero attached hydrogens (tertiary/aromatic N) is 2. The Morgan fingerprint density at radius 3 is 1.44 bits per heavy atom. The molecule has 0 spiro atoms. The standard InChI is InChI=1S/C32H68N12O16S4.4Li/c45-12-8-43(9-13-46)31-39-27(37-29(41-31)35-23-18-22(63(51,52)53)5-6-25(23)62-60-58-50)33-19-2-1-3-20(16-19)34-28-38-30(42-32(40-28)44(10-14-47)11-15-48)36-24-17-21(61-59-57-49)4-7-26(24)64(54,55)56;;;;/h19-42,45-50H,1-18H2,(H,51,52,53)(H,54,55,56);;;;/q;4*+1/p-4. The summed E-state index contributed by atoms with van der Waals surface area (Å²) in [4.78, 5) is 3.55. The number of rotatable bonds is 26. The molecule has 36 heteroatoms. The van der Waals surface area contributed by atoms with E-state index in [1.807, 2.05) is 0 Å². The first-order valence-electron chi connectivity index (χ1n) is 21.3. The molecule has 28 nitrogen and oxygen atoms in total. The topological polar surface area (TPSA) is 405 Å². The molecule has 5 aliphatic rings. The van der Waals surface area contributed by atoms with Crippen molar-refractivity contribution in [1.82, 2.24) is 63.0 Å². The smallest absolute Gasteiger partial charge is 0.748 e. The average Bonchev–Trinajstić information content (AvgIpc) is 3.24. The predicted molar refractivity (Wildman–Crippen MR) is 221 cm³/mol. The summed E-state index contributed by atoms with van der Waals surface area (Å²) >= 11 is 1.48. The van der Waals surface area contributed by atoms with E-state index >= 15 is 0 Å². The number of hydrogen-bond donors (Lipinski definition) is 14. The van der Waals surface area contributed by atoms with Gasteiger partial charge in [-0.2, -0.15) is 8.67 Å². The normalized spacial score (nSPS) is 33.7. The molecule has 14 unspecified atom stereocenters. The zero-order valence-corrected chi connectivity index (χ0v) is 42.3. The first-order valence-corrected chi connectivity index (χ1v) is 25.9. The maximum absolute atomic E-state index is 12.4. The van der Waals surface area contributed by atoms with Crippen molar-refractivity contribution in [3.05, 3.63) is 0 Å². The second-order valence-corrected chi connectivity index (χ2v) is 21.5. The molecule has 5 fully saturated rings. The molecule has 0 radical (unpaired) electrons. The van der Waals surface area contributed by atoms with Gasteiger partial charge in [-0.15, -0.1) is 0 Å². The first kappa shape index (κ1) is 68.0. The van der Waals surface area contributed by atoms with Crippen molar-refractivity contribution in [3.63, 3.8) is 0 Å². The van der Waals surface area contributed by atoms with Crippen molar-refractivity contribution in [2.45, 2.75) is 147 Å². The van der Waals surface area contributed by atoms with E-state index in [0.29, 0.717) is 12.8 Å². The van der Waals surface area contributed by atoms with Gasteiger partial charge in [0, 0.05) is 84.9 Å². The van der Waals surface area contributed by atoms with Gasteiger partial charge in [-0.1, -0.05) is 6.42 Å². The van der Waals surface area contributed by atoms with Crippen LogP contribution in [0, 0.1) is 0 Å². The Kier molecular flexibility index (Phi) is 34.7. The third kappa shape index (κ3) is 21.9. The third-order valence-corrected chi connectivity index (χ3v) is 16.5. The molecule has 0 bridgehead atoms. The largest absolute Gasteiger partial charge is 1.00 e. The van der Waals surface area contributed by atoms with Crippen molar-refractivity contribution < 1.29 is 151 Å². The van der Waals surface area contributed by atoms with Gasteiger partial charge in [0.2, 0.25) is 0 Å². The van der Waals surface area contributed by atoms with E-state index in [-0.39, 0.29) is 177 Å². The molecule has 3 saturated carbocycles. The van der Waals surface area contributed by atoms with Crippen LogP contribution in [0.1, 0.15) is 64.2 Å². The fourth-order valence-corrected chi connectivity index (χ4v) is 12.4. The van der Waals surface area contributed by atoms with Crippen LogP contribution >= 0.6 is 24.1 Å². The van der Waals surface area contributed by atoms with Gasteiger partial charge < -0.3 is 40.0 Å². The molecule has 2 aliphatic heterocycles. The summed E-state index contributed by atoms with van der Waals surface area (Å²) in [6.07, 6.45) is -0.363. The number of hydrogen-bond acceptors (Lipinski definition) is 30. The molecular formula is C32H64Li4N12O16S4. The van der Waals surface area contributed by atoms with Crippen LogP contribution in [0.5, 0.6) is 0 Å². The van der Waals surface area contributed by atoms with Crippen molar-refractivity contribution in [1.29, 1.82) is 0 Å². The van der Waals surface area contributed by atoms with Gasteiger partial charge in [-0.3, -0.25) is 73.0 Å². The zero-order chi connectivity index (χ0) is 46.3. The molecule has 376 valence electrons. The predicted octanol–water partition coefficient (Wildman–Crippen LogP) is -20.1. The minimum Gasteiger partial charge on any atom is -0.748 e. The third-order valence-electron chi connectivity index (χ3n) is 12.1. The van der Waals surface area contributed by atoms with Gasteiger partial charge in [-0.25, -0.2) is 16.8 Å². The monoisotopic (exact) mass is 1030 g/mol. The van der Waals surface area contributed by atoms with Gasteiger partial charge >= 0.3 is 75.4 Å². The van der Waals surface area contributed by atoms with E-state index in [4.69, 9.17) is 0 Å². The van der Waals surface area contributed by atoms with Crippen LogP contribution in [0.15, 0.2) is 0 Å². The Bertz CT molecular complexity index is 1590. The van der Waals surface area contributed by atoms with Crippen LogP contribution in [-0.4, -0.2) is 192 Å². The van der Waals surface area contributed by atoms with Gasteiger partial charge in [0.05, 0.1) is 57.2 Å². The van der Waals surface area contributed by atoms with Gasteiger partial charge in [0.25, 0.3) is 0 Å². The summed E-state index contributed by atoms with van der Waals surface area (Å²) in [6.45, 7) is -0.144. The quantitative estimate of drug-likeness (QED) is 0.0126. The molecule has 0 amide bonds. The summed E-state index contributed by atoms with van der Waals surface area (Å²) in [5.74, 6) is 0. The van der Waals surface area contributed by atoms with Crippen LogP contribution < -0.4 is 139 Å². The maximum atomic E-state index is 12.4.